The Morgan fingerprint density at radius 1 is 1.02 bits per heavy atom. The van der Waals surface area contributed by atoms with Crippen LogP contribution in [0.25, 0.3) is 11.0 Å². The number of likely N-dealkylation sites (tertiary alicyclic amines) is 1. The number of amides is 2. The number of carbonyl (C=O) groups excluding carboxylic acids is 1. The minimum absolute atomic E-state index is 0.00477. The summed E-state index contributed by atoms with van der Waals surface area (Å²) < 4.78 is 29.2. The molecule has 4 aromatic rings. The minimum atomic E-state index is -3.40. The first-order valence-electron chi connectivity index (χ1n) is 15.7. The van der Waals surface area contributed by atoms with E-state index in [-0.39, 0.29) is 17.8 Å². The number of fused-ring (bicyclic) bond motifs is 3. The number of nitrogens with one attached hydrogen (secondary N) is 1. The van der Waals surface area contributed by atoms with E-state index in [1.165, 1.54) is 5.56 Å². The number of halogens is 1. The molecule has 5 heterocycles. The van der Waals surface area contributed by atoms with E-state index in [2.05, 4.69) is 51.5 Å². The first kappa shape index (κ1) is 34.1. The van der Waals surface area contributed by atoms with Gasteiger partial charge in [0.15, 0.2) is 0 Å². The van der Waals surface area contributed by atoms with E-state index in [1.807, 2.05) is 41.8 Å². The van der Waals surface area contributed by atoms with Gasteiger partial charge >= 0.3 is 6.03 Å². The molecule has 0 atom stereocenters. The fourth-order valence-corrected chi connectivity index (χ4v) is 7.52. The molecule has 1 aromatic carbocycles. The van der Waals surface area contributed by atoms with E-state index in [4.69, 9.17) is 20.4 Å². The van der Waals surface area contributed by atoms with Crippen molar-refractivity contribution in [2.45, 2.75) is 70.1 Å². The van der Waals surface area contributed by atoms with E-state index in [9.17, 15) is 13.2 Å². The number of aromatic nitrogens is 3. The van der Waals surface area contributed by atoms with Crippen LogP contribution in [0.1, 0.15) is 29.5 Å². The second kappa shape index (κ2) is 15.1. The molecular weight excluding hydrogens is 640 g/mol. The molecule has 0 aliphatic carbocycles. The lowest BCUT2D eigenvalue weighted by Gasteiger charge is -2.41. The van der Waals surface area contributed by atoms with Crippen LogP contribution in [0.3, 0.4) is 0 Å². The lowest BCUT2D eigenvalue weighted by Crippen LogP contribution is -2.53. The van der Waals surface area contributed by atoms with E-state index in [1.54, 1.807) is 24.3 Å². The quantitative estimate of drug-likeness (QED) is 0.121. The number of carbonyl (C=O) groups is 1. The van der Waals surface area contributed by atoms with Crippen LogP contribution in [0.4, 0.5) is 10.5 Å². The number of rotatable bonds is 10. The number of benzene rings is 1. The Bertz CT molecular complexity index is 1710. The Morgan fingerprint density at radius 2 is 1.76 bits per heavy atom. The molecule has 0 bridgehead atoms. The summed E-state index contributed by atoms with van der Waals surface area (Å²) in [6.07, 6.45) is 9.58. The van der Waals surface area contributed by atoms with Gasteiger partial charge in [-0.3, -0.25) is 14.8 Å². The van der Waals surface area contributed by atoms with Gasteiger partial charge in [0.25, 0.3) is 0 Å². The second-order valence-corrected chi connectivity index (χ2v) is 21.5. The summed E-state index contributed by atoms with van der Waals surface area (Å²) >= 11 is 0. The largest absolute Gasteiger partial charge is 0.361 e. The lowest BCUT2D eigenvalue weighted by atomic mass is 9.99. The first-order chi connectivity index (χ1) is 22.0. The smallest absolute Gasteiger partial charge is 0.322 e. The highest BCUT2D eigenvalue weighted by atomic mass is 35.7. The van der Waals surface area contributed by atoms with Gasteiger partial charge in [-0.2, -0.15) is 0 Å². The number of pyridine rings is 2. The summed E-state index contributed by atoms with van der Waals surface area (Å²) in [6.45, 7) is 11.7. The summed E-state index contributed by atoms with van der Waals surface area (Å²) in [7, 11) is 0.512. The maximum atomic E-state index is 13.1. The topological polar surface area (TPSA) is 110 Å². The maximum absolute atomic E-state index is 13.1. The molecule has 13 heteroatoms. The highest BCUT2D eigenvalue weighted by Crippen LogP contribution is 2.36. The molecule has 1 saturated heterocycles. The molecule has 1 N–H and O–H groups in total. The molecule has 3 aromatic heterocycles. The fraction of sp³-hybridized carbons (Fsp3) is 0.424. The molecule has 0 radical (unpaired) electrons. The average Bonchev–Trinajstić information content (AvgIpc) is 3.43. The number of urea groups is 1. The molecule has 0 saturated carbocycles. The van der Waals surface area contributed by atoms with Crippen molar-refractivity contribution in [3.05, 3.63) is 90.0 Å². The van der Waals surface area contributed by atoms with Crippen LogP contribution >= 0.6 is 10.7 Å². The average molecular weight is 683 g/mol. The summed E-state index contributed by atoms with van der Waals surface area (Å²) in [5.74, 6) is -0.102. The molecular formula is C33H43ClN6O4SSi. The molecule has 0 unspecified atom stereocenters. The van der Waals surface area contributed by atoms with Gasteiger partial charge in [-0.15, -0.1) is 0 Å². The summed E-state index contributed by atoms with van der Waals surface area (Å²) in [5, 5.41) is 4.09. The third-order valence-corrected chi connectivity index (χ3v) is 10.9. The number of hydrogen-bond acceptors (Lipinski definition) is 7. The fourth-order valence-electron chi connectivity index (χ4n) is 5.79. The van der Waals surface area contributed by atoms with Gasteiger partial charge < -0.3 is 14.6 Å². The number of nitrogens with zero attached hydrogens (tertiary/aromatic N) is 5. The van der Waals surface area contributed by atoms with Crippen molar-refractivity contribution in [2.75, 3.05) is 24.6 Å². The van der Waals surface area contributed by atoms with Crippen LogP contribution in [0.2, 0.25) is 25.7 Å². The van der Waals surface area contributed by atoms with Crippen molar-refractivity contribution in [2.24, 2.45) is 0 Å². The van der Waals surface area contributed by atoms with Gasteiger partial charge in [-0.25, -0.2) is 18.2 Å². The van der Waals surface area contributed by atoms with E-state index < -0.39 is 17.1 Å². The molecule has 0 spiro atoms. The summed E-state index contributed by atoms with van der Waals surface area (Å²) in [4.78, 5) is 26.6. The van der Waals surface area contributed by atoms with Crippen LogP contribution in [0.5, 0.6) is 0 Å². The number of piperidine rings is 1. The zero-order valence-corrected chi connectivity index (χ0v) is 29.3. The van der Waals surface area contributed by atoms with Gasteiger partial charge in [-0.1, -0.05) is 56.0 Å². The van der Waals surface area contributed by atoms with Crippen molar-refractivity contribution in [3.63, 3.8) is 0 Å². The van der Waals surface area contributed by atoms with Crippen molar-refractivity contribution in [1.82, 2.24) is 24.8 Å². The summed E-state index contributed by atoms with van der Waals surface area (Å²) in [6, 6.07) is 16.3. The molecule has 246 valence electrons. The third kappa shape index (κ3) is 9.38. The molecule has 46 heavy (non-hydrogen) atoms. The maximum Gasteiger partial charge on any atom is 0.322 e. The highest BCUT2D eigenvalue weighted by molar-refractivity contribution is 8.13. The normalized spacial score (nSPS) is 16.1. The van der Waals surface area contributed by atoms with Crippen LogP contribution in [-0.2, 0) is 39.4 Å². The lowest BCUT2D eigenvalue weighted by molar-refractivity contribution is 0.0899. The SMILES string of the molecule is C[Si](C)(C)CCOCn1ccc2c3c(cnc21)CNC(=O)N3C1CCN(Cc2cccnc2)CC1.O=S(=O)(Cl)Cc1ccccc1. The van der Waals surface area contributed by atoms with Crippen LogP contribution < -0.4 is 10.2 Å². The number of anilines is 1. The second-order valence-electron chi connectivity index (χ2n) is 13.1. The Morgan fingerprint density at radius 3 is 2.43 bits per heavy atom. The standard InChI is InChI=1S/C26H36N6O2Si.C7H7ClO2S/c1-35(2,3)14-13-34-19-31-12-8-23-24-21(16-28-25(23)31)17-29-26(33)32(24)22-6-10-30(11-7-22)18-20-5-4-9-27-15-20;8-11(9,10)6-7-4-2-1-3-5-7/h4-5,8-9,12,15-16,22H,6-7,10-11,13-14,17-19H2,1-3H3,(H,29,33);1-5H,6H2. The highest BCUT2D eigenvalue weighted by Gasteiger charge is 2.34. The van der Waals surface area contributed by atoms with Gasteiger partial charge in [0.1, 0.15) is 12.4 Å². The molecule has 2 amide bonds. The Hall–Kier alpha value is -3.29. The van der Waals surface area contributed by atoms with E-state index >= 15 is 0 Å². The molecule has 1 fully saturated rings. The molecule has 6 rings (SSSR count). The monoisotopic (exact) mass is 682 g/mol. The van der Waals surface area contributed by atoms with Gasteiger partial charge in [0, 0.05) is 93.3 Å². The van der Waals surface area contributed by atoms with E-state index in [0.717, 1.165) is 67.4 Å². The third-order valence-electron chi connectivity index (χ3n) is 8.19. The van der Waals surface area contributed by atoms with Gasteiger partial charge in [0.05, 0.1) is 11.4 Å². The number of hydrogen-bond donors (Lipinski definition) is 1. The van der Waals surface area contributed by atoms with Crippen molar-refractivity contribution in [3.8, 4) is 0 Å². The predicted molar refractivity (Wildman–Crippen MR) is 186 cm³/mol. The van der Waals surface area contributed by atoms with E-state index in [0.29, 0.717) is 18.8 Å². The van der Waals surface area contributed by atoms with Crippen molar-refractivity contribution in [1.29, 1.82) is 0 Å². The van der Waals surface area contributed by atoms with Crippen LogP contribution in [-0.4, -0.2) is 67.7 Å². The van der Waals surface area contributed by atoms with Crippen LogP contribution in [0, 0.1) is 0 Å². The first-order valence-corrected chi connectivity index (χ1v) is 21.8. The van der Waals surface area contributed by atoms with Crippen LogP contribution in [0.15, 0.2) is 73.3 Å². The van der Waals surface area contributed by atoms with Crippen molar-refractivity contribution < 1.29 is 17.9 Å². The minimum Gasteiger partial charge on any atom is -0.361 e. The van der Waals surface area contributed by atoms with Gasteiger partial charge in [0.2, 0.25) is 9.05 Å². The van der Waals surface area contributed by atoms with Gasteiger partial charge in [-0.05, 0) is 42.1 Å². The Labute approximate surface area is 277 Å². The predicted octanol–water partition coefficient (Wildman–Crippen LogP) is 6.19. The molecule has 2 aliphatic rings. The van der Waals surface area contributed by atoms with Crippen molar-refractivity contribution >= 4 is 50.6 Å². The Kier molecular flexibility index (Phi) is 11.2. The zero-order valence-electron chi connectivity index (χ0n) is 26.7. The zero-order chi connectivity index (χ0) is 32.7. The molecule has 10 nitrogen and oxygen atoms in total. The Balaban J connectivity index is 0.000000322. The number of ether oxygens (including phenoxy) is 1. The summed E-state index contributed by atoms with van der Waals surface area (Å²) in [5.41, 5.74) is 4.92. The molecule has 2 aliphatic heterocycles.